The Balaban J connectivity index is 0.00000361. The van der Waals surface area contributed by atoms with Gasteiger partial charge >= 0.3 is 0 Å². The van der Waals surface area contributed by atoms with Gasteiger partial charge in [-0.15, -0.1) is 24.0 Å². The van der Waals surface area contributed by atoms with Crippen LogP contribution in [0.4, 0.5) is 0 Å². The van der Waals surface area contributed by atoms with Gasteiger partial charge in [0.2, 0.25) is 0 Å². The summed E-state index contributed by atoms with van der Waals surface area (Å²) >= 11 is 1.71. The zero-order valence-electron chi connectivity index (χ0n) is 12.4. The Hall–Kier alpha value is -0.340. The Labute approximate surface area is 143 Å². The van der Waals surface area contributed by atoms with Gasteiger partial charge < -0.3 is 15.4 Å². The van der Waals surface area contributed by atoms with Crippen LogP contribution in [-0.2, 0) is 11.3 Å². The molecule has 0 fully saturated rings. The van der Waals surface area contributed by atoms with Crippen molar-refractivity contribution in [1.82, 2.24) is 10.6 Å². The molecule has 0 saturated carbocycles. The quantitative estimate of drug-likeness (QED) is 0.284. The molecule has 1 aromatic rings. The van der Waals surface area contributed by atoms with E-state index in [1.54, 1.807) is 18.4 Å². The van der Waals surface area contributed by atoms with Crippen LogP contribution in [-0.4, -0.2) is 32.8 Å². The third-order valence-electron chi connectivity index (χ3n) is 2.66. The first kappa shape index (κ1) is 19.7. The number of hydrogen-bond donors (Lipinski definition) is 2. The molecule has 20 heavy (non-hydrogen) atoms. The molecule has 0 unspecified atom stereocenters. The maximum Gasteiger partial charge on any atom is 0.191 e. The Morgan fingerprint density at radius 3 is 2.80 bits per heavy atom. The lowest BCUT2D eigenvalue weighted by molar-refractivity contribution is 0.192. The van der Waals surface area contributed by atoms with Crippen molar-refractivity contribution in [2.24, 2.45) is 4.99 Å². The monoisotopic (exact) mass is 411 g/mol. The van der Waals surface area contributed by atoms with Crippen LogP contribution in [0.5, 0.6) is 0 Å². The standard InChI is InChI=1S/C14H25N3OS.HI/c1-3-15-14(16-8-5-4-6-9-18-2)17-11-13-7-10-19-12-13;/h7,10,12H,3-6,8-9,11H2,1-2H3,(H2,15,16,17);1H. The van der Waals surface area contributed by atoms with Crippen LogP contribution in [0.3, 0.4) is 0 Å². The fourth-order valence-electron chi connectivity index (χ4n) is 1.65. The highest BCUT2D eigenvalue weighted by molar-refractivity contribution is 14.0. The van der Waals surface area contributed by atoms with Gasteiger partial charge in [0.05, 0.1) is 6.54 Å². The maximum atomic E-state index is 5.03. The molecular formula is C14H26IN3OS. The molecule has 0 radical (unpaired) electrons. The number of methoxy groups -OCH3 is 1. The van der Waals surface area contributed by atoms with E-state index in [2.05, 4.69) is 39.4 Å². The summed E-state index contributed by atoms with van der Waals surface area (Å²) in [6.45, 7) is 5.52. The summed E-state index contributed by atoms with van der Waals surface area (Å²) in [4.78, 5) is 4.57. The second-order valence-corrected chi connectivity index (χ2v) is 5.09. The lowest BCUT2D eigenvalue weighted by Crippen LogP contribution is -2.37. The van der Waals surface area contributed by atoms with Crippen molar-refractivity contribution < 1.29 is 4.74 Å². The molecule has 4 nitrogen and oxygen atoms in total. The zero-order valence-corrected chi connectivity index (χ0v) is 15.5. The van der Waals surface area contributed by atoms with Crippen molar-refractivity contribution in [2.75, 3.05) is 26.8 Å². The van der Waals surface area contributed by atoms with Crippen LogP contribution in [0.2, 0.25) is 0 Å². The van der Waals surface area contributed by atoms with Crippen molar-refractivity contribution in [3.05, 3.63) is 22.4 Å². The molecule has 0 bridgehead atoms. The normalized spacial score (nSPS) is 11.0. The number of hydrogen-bond acceptors (Lipinski definition) is 3. The molecule has 0 aromatic carbocycles. The average molecular weight is 411 g/mol. The van der Waals surface area contributed by atoms with E-state index in [9.17, 15) is 0 Å². The van der Waals surface area contributed by atoms with E-state index in [1.165, 1.54) is 12.0 Å². The number of unbranched alkanes of at least 4 members (excludes halogenated alkanes) is 2. The average Bonchev–Trinajstić information content (AvgIpc) is 2.93. The Bertz CT molecular complexity index is 344. The molecule has 116 valence electrons. The number of nitrogens with one attached hydrogen (secondary N) is 2. The van der Waals surface area contributed by atoms with E-state index < -0.39 is 0 Å². The van der Waals surface area contributed by atoms with Gasteiger partial charge in [-0.05, 0) is 48.6 Å². The van der Waals surface area contributed by atoms with E-state index >= 15 is 0 Å². The number of ether oxygens (including phenoxy) is 1. The van der Waals surface area contributed by atoms with Crippen molar-refractivity contribution >= 4 is 41.3 Å². The maximum absolute atomic E-state index is 5.03. The lowest BCUT2D eigenvalue weighted by atomic mass is 10.2. The third-order valence-corrected chi connectivity index (χ3v) is 3.39. The summed E-state index contributed by atoms with van der Waals surface area (Å²) in [6, 6.07) is 2.11. The molecule has 1 aromatic heterocycles. The van der Waals surface area contributed by atoms with E-state index in [0.29, 0.717) is 0 Å². The lowest BCUT2D eigenvalue weighted by Gasteiger charge is -2.10. The molecule has 1 heterocycles. The molecule has 2 N–H and O–H groups in total. The number of aliphatic imine (C=N–C) groups is 1. The van der Waals surface area contributed by atoms with E-state index in [-0.39, 0.29) is 24.0 Å². The summed E-state index contributed by atoms with van der Waals surface area (Å²) in [5.41, 5.74) is 1.27. The summed E-state index contributed by atoms with van der Waals surface area (Å²) in [7, 11) is 1.75. The van der Waals surface area contributed by atoms with E-state index in [0.717, 1.165) is 45.0 Å². The van der Waals surface area contributed by atoms with Crippen molar-refractivity contribution in [1.29, 1.82) is 0 Å². The molecule has 0 saturated heterocycles. The zero-order chi connectivity index (χ0) is 13.8. The Morgan fingerprint density at radius 1 is 1.30 bits per heavy atom. The highest BCUT2D eigenvalue weighted by atomic mass is 127. The number of rotatable bonds is 9. The number of guanidine groups is 1. The van der Waals surface area contributed by atoms with Crippen LogP contribution in [0.15, 0.2) is 21.8 Å². The molecule has 0 aliphatic heterocycles. The van der Waals surface area contributed by atoms with Crippen LogP contribution >= 0.6 is 35.3 Å². The van der Waals surface area contributed by atoms with Gasteiger partial charge in [-0.3, -0.25) is 0 Å². The van der Waals surface area contributed by atoms with Crippen molar-refractivity contribution in [3.63, 3.8) is 0 Å². The Morgan fingerprint density at radius 2 is 2.15 bits per heavy atom. The molecule has 1 rings (SSSR count). The van der Waals surface area contributed by atoms with E-state index in [4.69, 9.17) is 4.74 Å². The van der Waals surface area contributed by atoms with Gasteiger partial charge in [-0.2, -0.15) is 11.3 Å². The minimum absolute atomic E-state index is 0. The number of nitrogens with zero attached hydrogens (tertiary/aromatic N) is 1. The smallest absolute Gasteiger partial charge is 0.191 e. The fourth-order valence-corrected chi connectivity index (χ4v) is 2.31. The predicted octanol–water partition coefficient (Wildman–Crippen LogP) is 3.24. The molecule has 0 aliphatic carbocycles. The highest BCUT2D eigenvalue weighted by Crippen LogP contribution is 2.06. The summed E-state index contributed by atoms with van der Waals surface area (Å²) in [5.74, 6) is 0.903. The summed E-state index contributed by atoms with van der Waals surface area (Å²) in [5, 5.41) is 10.8. The predicted molar refractivity (Wildman–Crippen MR) is 98.3 cm³/mol. The van der Waals surface area contributed by atoms with Crippen molar-refractivity contribution in [3.8, 4) is 0 Å². The van der Waals surface area contributed by atoms with Gasteiger partial charge in [-0.1, -0.05) is 0 Å². The summed E-state index contributed by atoms with van der Waals surface area (Å²) in [6.07, 6.45) is 3.46. The van der Waals surface area contributed by atoms with Gasteiger partial charge in [0, 0.05) is 26.8 Å². The Kier molecular flexibility index (Phi) is 13.4. The first-order valence-corrected chi connectivity index (χ1v) is 7.83. The molecule has 0 spiro atoms. The van der Waals surface area contributed by atoms with Crippen molar-refractivity contribution in [2.45, 2.75) is 32.7 Å². The van der Waals surface area contributed by atoms with Crippen LogP contribution in [0.1, 0.15) is 31.7 Å². The van der Waals surface area contributed by atoms with Gasteiger partial charge in [0.1, 0.15) is 0 Å². The van der Waals surface area contributed by atoms with Crippen LogP contribution in [0, 0.1) is 0 Å². The van der Waals surface area contributed by atoms with E-state index in [1.807, 2.05) is 0 Å². The topological polar surface area (TPSA) is 45.7 Å². The largest absolute Gasteiger partial charge is 0.385 e. The molecule has 0 aliphatic rings. The SMILES string of the molecule is CCNC(=NCc1ccsc1)NCCCCCOC.I. The van der Waals surface area contributed by atoms with Crippen LogP contribution < -0.4 is 10.6 Å². The molecule has 0 atom stereocenters. The first-order chi connectivity index (χ1) is 9.36. The highest BCUT2D eigenvalue weighted by Gasteiger charge is 1.97. The minimum atomic E-state index is 0. The van der Waals surface area contributed by atoms with Gasteiger partial charge in [0.25, 0.3) is 0 Å². The van der Waals surface area contributed by atoms with Gasteiger partial charge in [0.15, 0.2) is 5.96 Å². The number of halogens is 1. The third kappa shape index (κ3) is 9.55. The van der Waals surface area contributed by atoms with Gasteiger partial charge in [-0.25, -0.2) is 4.99 Å². The minimum Gasteiger partial charge on any atom is -0.385 e. The second-order valence-electron chi connectivity index (χ2n) is 4.31. The first-order valence-electron chi connectivity index (χ1n) is 6.89. The molecule has 6 heteroatoms. The fraction of sp³-hybridized carbons (Fsp3) is 0.643. The molecular weight excluding hydrogens is 385 g/mol. The summed E-state index contributed by atoms with van der Waals surface area (Å²) < 4.78 is 5.03. The number of thiophene rings is 1. The van der Waals surface area contributed by atoms with Crippen LogP contribution in [0.25, 0.3) is 0 Å². The molecule has 0 amide bonds. The second kappa shape index (κ2) is 13.6.